The van der Waals surface area contributed by atoms with Crippen molar-refractivity contribution in [2.75, 3.05) is 44.2 Å². The zero-order chi connectivity index (χ0) is 22.2. The molecule has 170 valence electrons. The molecule has 32 heavy (non-hydrogen) atoms. The molecule has 0 spiro atoms. The van der Waals surface area contributed by atoms with Crippen molar-refractivity contribution in [1.82, 2.24) is 15.2 Å². The Balaban J connectivity index is 1.21. The minimum absolute atomic E-state index is 0.712. The molecule has 2 heterocycles. The third-order valence-electron chi connectivity index (χ3n) is 5.91. The van der Waals surface area contributed by atoms with Crippen LogP contribution >= 0.6 is 11.6 Å². The lowest BCUT2D eigenvalue weighted by molar-refractivity contribution is 0.253. The molecule has 0 unspecified atom stereocenters. The van der Waals surface area contributed by atoms with E-state index in [1.807, 2.05) is 30.3 Å². The van der Waals surface area contributed by atoms with Gasteiger partial charge in [-0.3, -0.25) is 4.90 Å². The monoisotopic (exact) mass is 452 g/mol. The second kappa shape index (κ2) is 11.5. The van der Waals surface area contributed by atoms with Crippen LogP contribution in [0.3, 0.4) is 0 Å². The van der Waals surface area contributed by atoms with E-state index in [4.69, 9.17) is 21.0 Å². The molecule has 0 atom stereocenters. The Morgan fingerprint density at radius 3 is 2.59 bits per heavy atom. The predicted octanol–water partition coefficient (Wildman–Crippen LogP) is 5.25. The number of oxazole rings is 1. The molecule has 0 aliphatic carbocycles. The lowest BCUT2D eigenvalue weighted by atomic mass is 10.1. The van der Waals surface area contributed by atoms with Gasteiger partial charge in [0.25, 0.3) is 0 Å². The number of aryl methyl sites for hydroxylation is 1. The first kappa shape index (κ1) is 22.8. The van der Waals surface area contributed by atoms with E-state index in [1.165, 1.54) is 5.69 Å². The molecule has 1 aliphatic heterocycles. The standard InChI is InChI=1S/C26H33ClN4O/c1-2-8-25-29-26(21-9-4-3-5-10-21)24(32-25)20-28-13-7-14-30-15-17-31(18-16-30)23-12-6-11-22(27)19-23/h3-6,9-12,19,28H,2,7-8,13-18,20H2,1H3. The molecule has 5 nitrogen and oxygen atoms in total. The maximum Gasteiger partial charge on any atom is 0.195 e. The van der Waals surface area contributed by atoms with Gasteiger partial charge in [0.2, 0.25) is 0 Å². The van der Waals surface area contributed by atoms with Crippen LogP contribution < -0.4 is 10.2 Å². The molecule has 6 heteroatoms. The number of nitrogens with one attached hydrogen (secondary N) is 1. The zero-order valence-corrected chi connectivity index (χ0v) is 19.7. The Labute approximate surface area is 196 Å². The smallest absolute Gasteiger partial charge is 0.195 e. The Morgan fingerprint density at radius 2 is 1.84 bits per heavy atom. The fourth-order valence-corrected chi connectivity index (χ4v) is 4.38. The van der Waals surface area contributed by atoms with Gasteiger partial charge in [-0.1, -0.05) is 54.9 Å². The lowest BCUT2D eigenvalue weighted by Gasteiger charge is -2.36. The minimum Gasteiger partial charge on any atom is -0.444 e. The molecular formula is C26H33ClN4O. The fourth-order valence-electron chi connectivity index (χ4n) is 4.19. The molecule has 2 aromatic carbocycles. The second-order valence-electron chi connectivity index (χ2n) is 8.33. The van der Waals surface area contributed by atoms with E-state index in [9.17, 15) is 0 Å². The number of halogens is 1. The molecule has 1 aliphatic rings. The summed E-state index contributed by atoms with van der Waals surface area (Å²) in [7, 11) is 0. The maximum atomic E-state index is 6.14. The molecule has 1 saturated heterocycles. The molecule has 3 aromatic rings. The highest BCUT2D eigenvalue weighted by Crippen LogP contribution is 2.24. The van der Waals surface area contributed by atoms with Crippen LogP contribution in [0, 0.1) is 0 Å². The van der Waals surface area contributed by atoms with E-state index in [0.29, 0.717) is 6.54 Å². The van der Waals surface area contributed by atoms with Crippen molar-refractivity contribution in [3.63, 3.8) is 0 Å². The van der Waals surface area contributed by atoms with Crippen LogP contribution in [0.4, 0.5) is 5.69 Å². The highest BCUT2D eigenvalue weighted by molar-refractivity contribution is 6.30. The quantitative estimate of drug-likeness (QED) is 0.425. The number of piperazine rings is 1. The van der Waals surface area contributed by atoms with E-state index in [2.05, 4.69) is 46.3 Å². The normalized spacial score (nSPS) is 14.8. The van der Waals surface area contributed by atoms with Crippen LogP contribution in [0.1, 0.15) is 31.4 Å². The number of anilines is 1. The maximum absolute atomic E-state index is 6.14. The SMILES string of the molecule is CCCc1nc(-c2ccccc2)c(CNCCCN2CCN(c3cccc(Cl)c3)CC2)o1. The van der Waals surface area contributed by atoms with Crippen molar-refractivity contribution in [3.8, 4) is 11.3 Å². The van der Waals surface area contributed by atoms with Crippen LogP contribution in [-0.4, -0.2) is 49.2 Å². The van der Waals surface area contributed by atoms with E-state index < -0.39 is 0 Å². The number of benzene rings is 2. The fraction of sp³-hybridized carbons (Fsp3) is 0.423. The predicted molar refractivity (Wildman–Crippen MR) is 132 cm³/mol. The van der Waals surface area contributed by atoms with Gasteiger partial charge in [0.15, 0.2) is 5.89 Å². The summed E-state index contributed by atoms with van der Waals surface area (Å²) in [6, 6.07) is 18.5. The highest BCUT2D eigenvalue weighted by atomic mass is 35.5. The largest absolute Gasteiger partial charge is 0.444 e. The van der Waals surface area contributed by atoms with Crippen LogP contribution in [0.15, 0.2) is 59.0 Å². The summed E-state index contributed by atoms with van der Waals surface area (Å²) in [6.07, 6.45) is 3.03. The number of aromatic nitrogens is 1. The van der Waals surface area contributed by atoms with Crippen molar-refractivity contribution >= 4 is 17.3 Å². The van der Waals surface area contributed by atoms with Crippen LogP contribution in [0.2, 0.25) is 5.02 Å². The first-order chi connectivity index (χ1) is 15.7. The summed E-state index contributed by atoms with van der Waals surface area (Å²) in [6.45, 7) is 9.22. The van der Waals surface area contributed by atoms with E-state index in [0.717, 1.165) is 86.5 Å². The van der Waals surface area contributed by atoms with Crippen LogP contribution in [-0.2, 0) is 13.0 Å². The van der Waals surface area contributed by atoms with Crippen molar-refractivity contribution in [2.45, 2.75) is 32.7 Å². The molecule has 0 radical (unpaired) electrons. The van der Waals surface area contributed by atoms with Gasteiger partial charge in [0.05, 0.1) is 6.54 Å². The number of hydrogen-bond acceptors (Lipinski definition) is 5. The highest BCUT2D eigenvalue weighted by Gasteiger charge is 2.17. The van der Waals surface area contributed by atoms with E-state index >= 15 is 0 Å². The topological polar surface area (TPSA) is 44.5 Å². The Hall–Kier alpha value is -2.34. The molecule has 1 fully saturated rings. The van der Waals surface area contributed by atoms with Gasteiger partial charge in [-0.05, 0) is 44.1 Å². The van der Waals surface area contributed by atoms with Crippen molar-refractivity contribution in [1.29, 1.82) is 0 Å². The molecule has 1 aromatic heterocycles. The number of rotatable bonds is 10. The lowest BCUT2D eigenvalue weighted by Crippen LogP contribution is -2.47. The van der Waals surface area contributed by atoms with E-state index in [1.54, 1.807) is 0 Å². The van der Waals surface area contributed by atoms with Crippen LogP contribution in [0.5, 0.6) is 0 Å². The van der Waals surface area contributed by atoms with Gasteiger partial charge in [0, 0.05) is 48.9 Å². The van der Waals surface area contributed by atoms with Gasteiger partial charge in [-0.15, -0.1) is 0 Å². The summed E-state index contributed by atoms with van der Waals surface area (Å²) in [5.41, 5.74) is 3.31. The summed E-state index contributed by atoms with van der Waals surface area (Å²) < 4.78 is 6.07. The van der Waals surface area contributed by atoms with E-state index in [-0.39, 0.29) is 0 Å². The summed E-state index contributed by atoms with van der Waals surface area (Å²) in [4.78, 5) is 9.72. The van der Waals surface area contributed by atoms with Crippen molar-refractivity contribution in [3.05, 3.63) is 71.3 Å². The minimum atomic E-state index is 0.712. The molecule has 0 saturated carbocycles. The van der Waals surface area contributed by atoms with Gasteiger partial charge in [-0.2, -0.15) is 0 Å². The van der Waals surface area contributed by atoms with Crippen molar-refractivity contribution in [2.24, 2.45) is 0 Å². The van der Waals surface area contributed by atoms with Gasteiger partial charge in [-0.25, -0.2) is 4.98 Å². The summed E-state index contributed by atoms with van der Waals surface area (Å²) in [5, 5.41) is 4.37. The third-order valence-corrected chi connectivity index (χ3v) is 6.15. The van der Waals surface area contributed by atoms with Crippen LogP contribution in [0.25, 0.3) is 11.3 Å². The summed E-state index contributed by atoms with van der Waals surface area (Å²) >= 11 is 6.14. The summed E-state index contributed by atoms with van der Waals surface area (Å²) in [5.74, 6) is 1.77. The molecule has 0 amide bonds. The second-order valence-corrected chi connectivity index (χ2v) is 8.77. The van der Waals surface area contributed by atoms with Gasteiger partial charge < -0.3 is 14.6 Å². The molecular weight excluding hydrogens is 420 g/mol. The van der Waals surface area contributed by atoms with Crippen molar-refractivity contribution < 1.29 is 4.42 Å². The first-order valence-electron chi connectivity index (χ1n) is 11.7. The zero-order valence-electron chi connectivity index (χ0n) is 18.9. The van der Waals surface area contributed by atoms with Gasteiger partial charge in [0.1, 0.15) is 11.5 Å². The molecule has 4 rings (SSSR count). The third kappa shape index (κ3) is 6.12. The number of nitrogens with zero attached hydrogens (tertiary/aromatic N) is 3. The van der Waals surface area contributed by atoms with Gasteiger partial charge >= 0.3 is 0 Å². The Kier molecular flexibility index (Phi) is 8.21. The Morgan fingerprint density at radius 1 is 1.03 bits per heavy atom. The first-order valence-corrected chi connectivity index (χ1v) is 12.1. The number of hydrogen-bond donors (Lipinski definition) is 1. The average molecular weight is 453 g/mol. The Bertz CT molecular complexity index is 967. The average Bonchev–Trinajstić information content (AvgIpc) is 3.23. The molecule has 1 N–H and O–H groups in total. The molecule has 0 bridgehead atoms.